The molecule has 1 aromatic rings. The maximum Gasteiger partial charge on any atom is 0.241 e. The van der Waals surface area contributed by atoms with Crippen LogP contribution in [0.5, 0.6) is 0 Å². The van der Waals surface area contributed by atoms with Crippen LogP contribution in [0.4, 0.5) is 0 Å². The third-order valence-electron chi connectivity index (χ3n) is 4.10. The van der Waals surface area contributed by atoms with Crippen LogP contribution in [0.25, 0.3) is 0 Å². The fourth-order valence-electron chi connectivity index (χ4n) is 3.09. The van der Waals surface area contributed by atoms with E-state index in [4.69, 9.17) is 0 Å². The first-order valence-corrected chi connectivity index (χ1v) is 7.71. The summed E-state index contributed by atoms with van der Waals surface area (Å²) in [5, 5.41) is 3.44. The summed E-state index contributed by atoms with van der Waals surface area (Å²) in [5.41, 5.74) is 0. The molecule has 0 saturated carbocycles. The molecule has 2 saturated heterocycles. The van der Waals surface area contributed by atoms with Gasteiger partial charge in [0, 0.05) is 22.3 Å². The Morgan fingerprint density at radius 3 is 2.79 bits per heavy atom. The molecule has 3 heterocycles. The van der Waals surface area contributed by atoms with Gasteiger partial charge in [-0.2, -0.15) is 0 Å². The largest absolute Gasteiger partial charge is 0.316 e. The van der Waals surface area contributed by atoms with Crippen LogP contribution in [0.15, 0.2) is 12.1 Å². The van der Waals surface area contributed by atoms with Gasteiger partial charge in [0.05, 0.1) is 6.04 Å². The van der Waals surface area contributed by atoms with Gasteiger partial charge < -0.3 is 9.80 Å². The van der Waals surface area contributed by atoms with Gasteiger partial charge in [0.15, 0.2) is 0 Å². The highest BCUT2D eigenvalue weighted by Gasteiger charge is 2.43. The van der Waals surface area contributed by atoms with E-state index >= 15 is 0 Å². The molecule has 0 bridgehead atoms. The monoisotopic (exact) mass is 279 g/mol. The van der Waals surface area contributed by atoms with Crippen molar-refractivity contribution in [2.24, 2.45) is 0 Å². The van der Waals surface area contributed by atoms with Gasteiger partial charge >= 0.3 is 0 Å². The standard InChI is InChI=1S/C14H21N3OS/c1-9-4-5-12(19-9)13-15-10(2)14(18)17(13)11-6-7-16(3)8-11/h4-5,10-11,13,15H,6-8H2,1-3H3. The first-order chi connectivity index (χ1) is 9.06. The zero-order chi connectivity index (χ0) is 13.6. The second kappa shape index (κ2) is 4.89. The molecule has 3 atom stereocenters. The van der Waals surface area contributed by atoms with Crippen LogP contribution in [0, 0.1) is 6.92 Å². The van der Waals surface area contributed by atoms with Crippen molar-refractivity contribution in [2.45, 2.75) is 38.5 Å². The average Bonchev–Trinajstić information content (AvgIpc) is 3.02. The second-order valence-corrected chi connectivity index (χ2v) is 7.01. The molecule has 3 rings (SSSR count). The van der Waals surface area contributed by atoms with Crippen molar-refractivity contribution in [3.05, 3.63) is 21.9 Å². The van der Waals surface area contributed by atoms with Crippen molar-refractivity contribution in [1.82, 2.24) is 15.1 Å². The molecule has 1 amide bonds. The normalized spacial score (nSPS) is 32.5. The predicted octanol–water partition coefficient (Wildman–Crippen LogP) is 1.58. The lowest BCUT2D eigenvalue weighted by Gasteiger charge is -2.29. The van der Waals surface area contributed by atoms with Gasteiger partial charge in [-0.25, -0.2) is 0 Å². The molecule has 0 radical (unpaired) electrons. The lowest BCUT2D eigenvalue weighted by Crippen LogP contribution is -2.41. The number of carbonyl (C=O) groups excluding carboxylic acids is 1. The Kier molecular flexibility index (Phi) is 3.37. The fourth-order valence-corrected chi connectivity index (χ4v) is 4.03. The highest BCUT2D eigenvalue weighted by molar-refractivity contribution is 7.12. The Morgan fingerprint density at radius 1 is 1.42 bits per heavy atom. The van der Waals surface area contributed by atoms with Crippen LogP contribution >= 0.6 is 11.3 Å². The quantitative estimate of drug-likeness (QED) is 0.893. The van der Waals surface area contributed by atoms with Crippen LogP contribution in [-0.4, -0.2) is 47.9 Å². The zero-order valence-corrected chi connectivity index (χ0v) is 12.5. The van der Waals surface area contributed by atoms with Gasteiger partial charge in [-0.1, -0.05) is 0 Å². The number of rotatable bonds is 2. The highest BCUT2D eigenvalue weighted by Crippen LogP contribution is 2.33. The Labute approximate surface area is 118 Å². The summed E-state index contributed by atoms with van der Waals surface area (Å²) in [5.74, 6) is 0.247. The number of carbonyl (C=O) groups is 1. The van der Waals surface area contributed by atoms with E-state index in [1.807, 2.05) is 6.92 Å². The van der Waals surface area contributed by atoms with E-state index in [2.05, 4.69) is 41.2 Å². The maximum absolute atomic E-state index is 12.4. The van der Waals surface area contributed by atoms with Gasteiger partial charge in [0.1, 0.15) is 6.17 Å². The van der Waals surface area contributed by atoms with E-state index in [0.29, 0.717) is 6.04 Å². The SMILES string of the molecule is Cc1ccc(C2NC(C)C(=O)N2C2CCN(C)C2)s1. The molecule has 0 spiro atoms. The summed E-state index contributed by atoms with van der Waals surface area (Å²) in [6.45, 7) is 6.15. The molecule has 1 aromatic heterocycles. The van der Waals surface area contributed by atoms with Crippen molar-refractivity contribution < 1.29 is 4.79 Å². The summed E-state index contributed by atoms with van der Waals surface area (Å²) in [6, 6.07) is 4.56. The number of likely N-dealkylation sites (N-methyl/N-ethyl adjacent to an activating group) is 1. The maximum atomic E-state index is 12.4. The molecule has 2 aliphatic heterocycles. The third-order valence-corrected chi connectivity index (χ3v) is 5.15. The minimum absolute atomic E-state index is 0.0673. The van der Waals surface area contributed by atoms with Crippen molar-refractivity contribution in [3.63, 3.8) is 0 Å². The van der Waals surface area contributed by atoms with E-state index in [-0.39, 0.29) is 18.1 Å². The Morgan fingerprint density at radius 2 is 2.21 bits per heavy atom. The number of hydrogen-bond acceptors (Lipinski definition) is 4. The smallest absolute Gasteiger partial charge is 0.241 e. The molecule has 4 nitrogen and oxygen atoms in total. The Hall–Kier alpha value is -0.910. The minimum atomic E-state index is -0.0710. The van der Waals surface area contributed by atoms with Crippen LogP contribution in [0.1, 0.15) is 29.3 Å². The van der Waals surface area contributed by atoms with Crippen molar-refractivity contribution in [3.8, 4) is 0 Å². The molecular formula is C14H21N3OS. The van der Waals surface area contributed by atoms with Gasteiger partial charge in [-0.05, 0) is 46.0 Å². The van der Waals surface area contributed by atoms with Crippen molar-refractivity contribution >= 4 is 17.2 Å². The first-order valence-electron chi connectivity index (χ1n) is 6.89. The minimum Gasteiger partial charge on any atom is -0.316 e. The van der Waals surface area contributed by atoms with Gasteiger partial charge in [-0.3, -0.25) is 10.1 Å². The average molecular weight is 279 g/mol. The van der Waals surface area contributed by atoms with Gasteiger partial charge in [0.25, 0.3) is 0 Å². The van der Waals surface area contributed by atoms with E-state index in [0.717, 1.165) is 19.5 Å². The number of likely N-dealkylation sites (tertiary alicyclic amines) is 1. The summed E-state index contributed by atoms with van der Waals surface area (Å²) in [4.78, 5) is 19.4. The van der Waals surface area contributed by atoms with E-state index < -0.39 is 0 Å². The third kappa shape index (κ3) is 2.30. The van der Waals surface area contributed by atoms with Crippen LogP contribution in [-0.2, 0) is 4.79 Å². The molecule has 5 heteroatoms. The summed E-state index contributed by atoms with van der Waals surface area (Å²) in [6.07, 6.45) is 1.15. The molecule has 1 N–H and O–H groups in total. The lowest BCUT2D eigenvalue weighted by molar-refractivity contribution is -0.131. The number of nitrogens with one attached hydrogen (secondary N) is 1. The van der Waals surface area contributed by atoms with Crippen LogP contribution in [0.2, 0.25) is 0 Å². The molecule has 104 valence electrons. The molecule has 0 aromatic carbocycles. The number of hydrogen-bond donors (Lipinski definition) is 1. The summed E-state index contributed by atoms with van der Waals surface area (Å²) < 4.78 is 0. The first kappa shape index (κ1) is 13.1. The second-order valence-electron chi connectivity index (χ2n) is 5.69. The molecule has 0 aliphatic carbocycles. The molecule has 2 aliphatic rings. The Balaban J connectivity index is 1.87. The Bertz CT molecular complexity index is 487. The van der Waals surface area contributed by atoms with E-state index in [1.54, 1.807) is 11.3 Å². The zero-order valence-electron chi connectivity index (χ0n) is 11.7. The number of aryl methyl sites for hydroxylation is 1. The topological polar surface area (TPSA) is 35.6 Å². The summed E-state index contributed by atoms with van der Waals surface area (Å²) in [7, 11) is 2.13. The molecule has 3 unspecified atom stereocenters. The molecule has 19 heavy (non-hydrogen) atoms. The molecule has 2 fully saturated rings. The van der Waals surface area contributed by atoms with Crippen LogP contribution in [0.3, 0.4) is 0 Å². The van der Waals surface area contributed by atoms with Crippen molar-refractivity contribution in [2.75, 3.05) is 20.1 Å². The van der Waals surface area contributed by atoms with E-state index in [9.17, 15) is 4.79 Å². The lowest BCUT2D eigenvalue weighted by atomic mass is 10.2. The number of nitrogens with zero attached hydrogens (tertiary/aromatic N) is 2. The van der Waals surface area contributed by atoms with E-state index in [1.165, 1.54) is 9.75 Å². The predicted molar refractivity (Wildman–Crippen MR) is 77.1 cm³/mol. The number of thiophene rings is 1. The highest BCUT2D eigenvalue weighted by atomic mass is 32.1. The van der Waals surface area contributed by atoms with Gasteiger partial charge in [-0.15, -0.1) is 11.3 Å². The number of amides is 1. The summed E-state index contributed by atoms with van der Waals surface area (Å²) >= 11 is 1.78. The van der Waals surface area contributed by atoms with Crippen LogP contribution < -0.4 is 5.32 Å². The van der Waals surface area contributed by atoms with Crippen molar-refractivity contribution in [1.29, 1.82) is 0 Å². The molecular weight excluding hydrogens is 258 g/mol. The van der Waals surface area contributed by atoms with Gasteiger partial charge in [0.2, 0.25) is 5.91 Å². The fraction of sp³-hybridized carbons (Fsp3) is 0.643.